The van der Waals surface area contributed by atoms with E-state index in [-0.39, 0.29) is 11.8 Å². The Labute approximate surface area is 125 Å². The lowest BCUT2D eigenvalue weighted by Crippen LogP contribution is -2.43. The number of carboxylic acids is 2. The van der Waals surface area contributed by atoms with Crippen LogP contribution in [0.4, 0.5) is 0 Å². The van der Waals surface area contributed by atoms with E-state index in [1.165, 1.54) is 19.3 Å². The Morgan fingerprint density at radius 2 is 1.52 bits per heavy atom. The number of rotatable bonds is 8. The molecule has 0 aromatic rings. The second-order valence-electron chi connectivity index (χ2n) is 5.84. The molecular weight excluding hydrogens is 274 g/mol. The summed E-state index contributed by atoms with van der Waals surface area (Å²) in [6, 6.07) is 0. The summed E-state index contributed by atoms with van der Waals surface area (Å²) < 4.78 is 0. The van der Waals surface area contributed by atoms with Crippen LogP contribution >= 0.6 is 0 Å². The van der Waals surface area contributed by atoms with Crippen molar-refractivity contribution >= 4 is 17.8 Å². The molecule has 1 saturated carbocycles. The summed E-state index contributed by atoms with van der Waals surface area (Å²) in [5, 5.41) is 17.6. The zero-order valence-corrected chi connectivity index (χ0v) is 12.6. The third kappa shape index (κ3) is 6.14. The lowest BCUT2D eigenvalue weighted by Gasteiger charge is -2.31. The van der Waals surface area contributed by atoms with E-state index in [0.717, 1.165) is 30.6 Å². The number of carbonyl (C=O) groups excluding carboxylic acids is 1. The van der Waals surface area contributed by atoms with Gasteiger partial charge in [-0.25, -0.2) is 0 Å². The van der Waals surface area contributed by atoms with Crippen LogP contribution in [0.25, 0.3) is 0 Å². The molecule has 0 aromatic carbocycles. The summed E-state index contributed by atoms with van der Waals surface area (Å²) in [7, 11) is 0. The first-order chi connectivity index (χ1) is 9.93. The van der Waals surface area contributed by atoms with Crippen LogP contribution in [0.3, 0.4) is 0 Å². The molecule has 0 aromatic heterocycles. The van der Waals surface area contributed by atoms with Gasteiger partial charge in [0.1, 0.15) is 13.1 Å². The molecule has 6 nitrogen and oxygen atoms in total. The third-order valence-corrected chi connectivity index (χ3v) is 4.13. The Morgan fingerprint density at radius 3 is 1.95 bits per heavy atom. The summed E-state index contributed by atoms with van der Waals surface area (Å²) in [5.41, 5.74) is 0. The first-order valence-corrected chi connectivity index (χ1v) is 7.66. The maximum absolute atomic E-state index is 12.3. The highest BCUT2D eigenvalue weighted by molar-refractivity contribution is 5.86. The number of amides is 1. The fraction of sp³-hybridized carbons (Fsp3) is 0.800. The van der Waals surface area contributed by atoms with E-state index >= 15 is 0 Å². The van der Waals surface area contributed by atoms with Crippen molar-refractivity contribution in [3.8, 4) is 0 Å². The maximum atomic E-state index is 12.3. The fourth-order valence-corrected chi connectivity index (χ4v) is 2.99. The molecule has 0 bridgehead atoms. The summed E-state index contributed by atoms with van der Waals surface area (Å²) in [4.78, 5) is 34.8. The Morgan fingerprint density at radius 1 is 1.00 bits per heavy atom. The van der Waals surface area contributed by atoms with Gasteiger partial charge in [-0.15, -0.1) is 0 Å². The Kier molecular flexibility index (Phi) is 7.19. The standard InChI is InChI=1S/C15H25NO5/c1-2-3-4-11-5-7-12(8-6-11)15(21)16(9-13(17)18)10-14(19)20/h11-12H,2-10H2,1H3,(H,17,18)(H,19,20). The van der Waals surface area contributed by atoms with Crippen molar-refractivity contribution in [1.29, 1.82) is 0 Å². The van der Waals surface area contributed by atoms with Gasteiger partial charge in [-0.1, -0.05) is 26.2 Å². The van der Waals surface area contributed by atoms with Crippen molar-refractivity contribution < 1.29 is 24.6 Å². The Hall–Kier alpha value is -1.59. The van der Waals surface area contributed by atoms with Crippen molar-refractivity contribution in [3.63, 3.8) is 0 Å². The van der Waals surface area contributed by atoms with Gasteiger partial charge < -0.3 is 15.1 Å². The Balaban J connectivity index is 2.52. The van der Waals surface area contributed by atoms with Gasteiger partial charge in [0.15, 0.2) is 0 Å². The van der Waals surface area contributed by atoms with Crippen LogP contribution in [-0.4, -0.2) is 46.0 Å². The normalized spacial score (nSPS) is 21.8. The molecule has 1 amide bonds. The third-order valence-electron chi connectivity index (χ3n) is 4.13. The lowest BCUT2D eigenvalue weighted by atomic mass is 9.79. The highest BCUT2D eigenvalue weighted by Gasteiger charge is 2.30. The monoisotopic (exact) mass is 299 g/mol. The van der Waals surface area contributed by atoms with Gasteiger partial charge in [0.05, 0.1) is 0 Å². The van der Waals surface area contributed by atoms with Crippen LogP contribution in [0.5, 0.6) is 0 Å². The quantitative estimate of drug-likeness (QED) is 0.714. The molecule has 0 aliphatic heterocycles. The van der Waals surface area contributed by atoms with Crippen LogP contribution in [0.1, 0.15) is 51.9 Å². The lowest BCUT2D eigenvalue weighted by molar-refractivity contribution is -0.151. The van der Waals surface area contributed by atoms with Gasteiger partial charge in [0.2, 0.25) is 5.91 Å². The second kappa shape index (κ2) is 8.64. The summed E-state index contributed by atoms with van der Waals surface area (Å²) in [5.74, 6) is -2.25. The van der Waals surface area contributed by atoms with Crippen molar-refractivity contribution in [1.82, 2.24) is 4.90 Å². The molecule has 21 heavy (non-hydrogen) atoms. The van der Waals surface area contributed by atoms with Gasteiger partial charge in [-0.2, -0.15) is 0 Å². The van der Waals surface area contributed by atoms with Crippen molar-refractivity contribution in [2.24, 2.45) is 11.8 Å². The largest absolute Gasteiger partial charge is 0.480 e. The second-order valence-corrected chi connectivity index (χ2v) is 5.84. The van der Waals surface area contributed by atoms with E-state index < -0.39 is 25.0 Å². The number of carboxylic acid groups (broad SMARTS) is 2. The molecule has 0 unspecified atom stereocenters. The van der Waals surface area contributed by atoms with Crippen molar-refractivity contribution in [2.75, 3.05) is 13.1 Å². The molecule has 0 heterocycles. The minimum atomic E-state index is -1.18. The number of hydrogen-bond acceptors (Lipinski definition) is 3. The van der Waals surface area contributed by atoms with E-state index in [0.29, 0.717) is 5.92 Å². The molecule has 120 valence electrons. The fourth-order valence-electron chi connectivity index (χ4n) is 2.99. The molecule has 1 fully saturated rings. The van der Waals surface area contributed by atoms with E-state index in [9.17, 15) is 14.4 Å². The molecule has 0 atom stereocenters. The first-order valence-electron chi connectivity index (χ1n) is 7.66. The van der Waals surface area contributed by atoms with Crippen LogP contribution in [0.2, 0.25) is 0 Å². The smallest absolute Gasteiger partial charge is 0.323 e. The minimum Gasteiger partial charge on any atom is -0.480 e. The molecule has 1 aliphatic rings. The highest BCUT2D eigenvalue weighted by atomic mass is 16.4. The first kappa shape index (κ1) is 17.5. The van der Waals surface area contributed by atoms with E-state index in [1.807, 2.05) is 0 Å². The number of unbranched alkanes of at least 4 members (excludes halogenated alkanes) is 1. The van der Waals surface area contributed by atoms with Crippen LogP contribution in [0, 0.1) is 11.8 Å². The predicted octanol–water partition coefficient (Wildman–Crippen LogP) is 1.98. The molecule has 1 rings (SSSR count). The number of nitrogens with zero attached hydrogens (tertiary/aromatic N) is 1. The average molecular weight is 299 g/mol. The SMILES string of the molecule is CCCCC1CCC(C(=O)N(CC(=O)O)CC(=O)O)CC1. The van der Waals surface area contributed by atoms with Crippen LogP contribution in [-0.2, 0) is 14.4 Å². The number of aliphatic carboxylic acids is 2. The summed E-state index contributed by atoms with van der Waals surface area (Å²) in [6.45, 7) is 1.08. The Bertz CT molecular complexity index is 358. The van der Waals surface area contributed by atoms with Gasteiger partial charge in [0, 0.05) is 5.92 Å². The van der Waals surface area contributed by atoms with Crippen molar-refractivity contribution in [3.05, 3.63) is 0 Å². The predicted molar refractivity (Wildman–Crippen MR) is 76.8 cm³/mol. The van der Waals surface area contributed by atoms with Gasteiger partial charge in [-0.3, -0.25) is 14.4 Å². The van der Waals surface area contributed by atoms with E-state index in [4.69, 9.17) is 10.2 Å². The number of carbonyl (C=O) groups is 3. The highest BCUT2D eigenvalue weighted by Crippen LogP contribution is 2.32. The average Bonchev–Trinajstić information content (AvgIpc) is 2.43. The van der Waals surface area contributed by atoms with E-state index in [2.05, 4.69) is 6.92 Å². The maximum Gasteiger partial charge on any atom is 0.323 e. The minimum absolute atomic E-state index is 0.221. The molecule has 0 radical (unpaired) electrons. The zero-order valence-electron chi connectivity index (χ0n) is 12.6. The summed E-state index contributed by atoms with van der Waals surface area (Å²) in [6.07, 6.45) is 6.99. The van der Waals surface area contributed by atoms with E-state index in [1.54, 1.807) is 0 Å². The molecule has 0 spiro atoms. The van der Waals surface area contributed by atoms with Gasteiger partial charge in [0.25, 0.3) is 0 Å². The topological polar surface area (TPSA) is 94.9 Å². The van der Waals surface area contributed by atoms with Gasteiger partial charge >= 0.3 is 11.9 Å². The van der Waals surface area contributed by atoms with Crippen molar-refractivity contribution in [2.45, 2.75) is 51.9 Å². The number of hydrogen-bond donors (Lipinski definition) is 2. The molecule has 1 aliphatic carbocycles. The molecule has 6 heteroatoms. The van der Waals surface area contributed by atoms with Gasteiger partial charge in [-0.05, 0) is 31.6 Å². The zero-order chi connectivity index (χ0) is 15.8. The molecule has 0 saturated heterocycles. The van der Waals surface area contributed by atoms with Crippen LogP contribution in [0.15, 0.2) is 0 Å². The van der Waals surface area contributed by atoms with Crippen LogP contribution < -0.4 is 0 Å². The summed E-state index contributed by atoms with van der Waals surface area (Å²) >= 11 is 0. The molecule has 2 N–H and O–H groups in total. The molecular formula is C15H25NO5.